The van der Waals surface area contributed by atoms with Crippen LogP contribution in [0.5, 0.6) is 5.75 Å². The van der Waals surface area contributed by atoms with Gasteiger partial charge in [-0.15, -0.1) is 0 Å². The van der Waals surface area contributed by atoms with Crippen LogP contribution < -0.4 is 9.57 Å². The van der Waals surface area contributed by atoms with E-state index in [0.29, 0.717) is 16.3 Å². The normalized spacial score (nSPS) is 11.4. The number of hydrogen-bond acceptors (Lipinski definition) is 5. The second-order valence-corrected chi connectivity index (χ2v) is 8.25. The van der Waals surface area contributed by atoms with E-state index in [1.165, 1.54) is 30.5 Å². The number of hydrogen-bond donors (Lipinski definition) is 1. The van der Waals surface area contributed by atoms with Gasteiger partial charge in [0.25, 0.3) is 10.0 Å². The third-order valence-electron chi connectivity index (χ3n) is 3.68. The Morgan fingerprint density at radius 1 is 0.966 bits per heavy atom. The largest absolute Gasteiger partial charge is 0.423 e. The third-order valence-corrected chi connectivity index (χ3v) is 5.47. The molecular weight excluding hydrogens is 435 g/mol. The van der Waals surface area contributed by atoms with Crippen LogP contribution in [0, 0.1) is 0 Å². The van der Waals surface area contributed by atoms with Gasteiger partial charge in [-0.3, -0.25) is 0 Å². The Hall–Kier alpha value is -2.87. The molecule has 3 aromatic rings. The fraction of sp³-hybridized carbons (Fsp3) is 0. The van der Waals surface area contributed by atoms with Crippen molar-refractivity contribution in [3.05, 3.63) is 94.0 Å². The van der Waals surface area contributed by atoms with Gasteiger partial charge in [0.15, 0.2) is 0 Å². The Morgan fingerprint density at radius 3 is 2.31 bits per heavy atom. The van der Waals surface area contributed by atoms with Crippen LogP contribution in [0.25, 0.3) is 0 Å². The van der Waals surface area contributed by atoms with E-state index in [4.69, 9.17) is 27.9 Å². The van der Waals surface area contributed by atoms with E-state index >= 15 is 0 Å². The lowest BCUT2D eigenvalue weighted by atomic mass is 10.2. The molecule has 0 atom stereocenters. The highest BCUT2D eigenvalue weighted by Crippen LogP contribution is 2.23. The van der Waals surface area contributed by atoms with E-state index in [-0.39, 0.29) is 15.5 Å². The average Bonchev–Trinajstić information content (AvgIpc) is 2.70. The first-order chi connectivity index (χ1) is 13.8. The first-order valence-electron chi connectivity index (χ1n) is 8.22. The SMILES string of the molecule is O=C(Oc1ccc(/C=N\NS(=O)(=O)c2ccccc2)cc1)c1ccc(Cl)cc1Cl. The van der Waals surface area contributed by atoms with Gasteiger partial charge >= 0.3 is 5.97 Å². The molecule has 0 aliphatic carbocycles. The minimum absolute atomic E-state index is 0.111. The Kier molecular flexibility index (Phi) is 6.53. The minimum Gasteiger partial charge on any atom is -0.423 e. The summed E-state index contributed by atoms with van der Waals surface area (Å²) < 4.78 is 29.4. The molecule has 3 aromatic carbocycles. The summed E-state index contributed by atoms with van der Waals surface area (Å²) in [5.74, 6) is -0.327. The number of benzene rings is 3. The molecule has 1 N–H and O–H groups in total. The topological polar surface area (TPSA) is 84.8 Å². The van der Waals surface area contributed by atoms with E-state index in [0.717, 1.165) is 0 Å². The van der Waals surface area contributed by atoms with Gasteiger partial charge in [0, 0.05) is 5.02 Å². The highest BCUT2D eigenvalue weighted by molar-refractivity contribution is 7.89. The highest BCUT2D eigenvalue weighted by Gasteiger charge is 2.13. The van der Waals surface area contributed by atoms with Crippen LogP contribution in [-0.4, -0.2) is 20.6 Å². The quantitative estimate of drug-likeness (QED) is 0.260. The molecule has 0 aromatic heterocycles. The van der Waals surface area contributed by atoms with Crippen molar-refractivity contribution in [3.8, 4) is 5.75 Å². The van der Waals surface area contributed by atoms with Gasteiger partial charge < -0.3 is 4.74 Å². The van der Waals surface area contributed by atoms with Gasteiger partial charge in [-0.1, -0.05) is 41.4 Å². The maximum Gasteiger partial charge on any atom is 0.345 e. The first kappa shape index (κ1) is 20.9. The van der Waals surface area contributed by atoms with E-state index in [2.05, 4.69) is 9.93 Å². The van der Waals surface area contributed by atoms with Gasteiger partial charge in [0.05, 0.1) is 21.7 Å². The lowest BCUT2D eigenvalue weighted by Gasteiger charge is -2.06. The monoisotopic (exact) mass is 448 g/mol. The molecule has 3 rings (SSSR count). The van der Waals surface area contributed by atoms with Gasteiger partial charge in [-0.05, 0) is 60.2 Å². The molecule has 0 aliphatic heterocycles. The van der Waals surface area contributed by atoms with Gasteiger partial charge in [0.2, 0.25) is 0 Å². The van der Waals surface area contributed by atoms with Crippen molar-refractivity contribution in [2.24, 2.45) is 5.10 Å². The predicted molar refractivity (Wildman–Crippen MR) is 112 cm³/mol. The molecule has 9 heteroatoms. The molecule has 0 unspecified atom stereocenters. The molecule has 0 heterocycles. The summed E-state index contributed by atoms with van der Waals surface area (Å²) >= 11 is 11.8. The van der Waals surface area contributed by atoms with Crippen LogP contribution >= 0.6 is 23.2 Å². The fourth-order valence-electron chi connectivity index (χ4n) is 2.26. The number of hydrazone groups is 1. The van der Waals surface area contributed by atoms with Crippen molar-refractivity contribution < 1.29 is 17.9 Å². The first-order valence-corrected chi connectivity index (χ1v) is 10.5. The highest BCUT2D eigenvalue weighted by atomic mass is 35.5. The van der Waals surface area contributed by atoms with Gasteiger partial charge in [0.1, 0.15) is 5.75 Å². The second-order valence-electron chi connectivity index (χ2n) is 5.75. The summed E-state index contributed by atoms with van der Waals surface area (Å²) in [6.07, 6.45) is 1.34. The van der Waals surface area contributed by atoms with Crippen molar-refractivity contribution in [2.45, 2.75) is 4.90 Å². The van der Waals surface area contributed by atoms with Crippen LogP contribution in [0.15, 0.2) is 82.8 Å². The summed E-state index contributed by atoms with van der Waals surface area (Å²) in [4.78, 5) is 14.4. The number of sulfonamides is 1. The number of nitrogens with zero attached hydrogens (tertiary/aromatic N) is 1. The van der Waals surface area contributed by atoms with Crippen LogP contribution in [0.1, 0.15) is 15.9 Å². The Bertz CT molecular complexity index is 1150. The Labute approximate surface area is 177 Å². The minimum atomic E-state index is -3.73. The maximum atomic E-state index is 12.2. The van der Waals surface area contributed by atoms with Crippen LogP contribution in [-0.2, 0) is 10.0 Å². The molecule has 0 saturated heterocycles. The van der Waals surface area contributed by atoms with E-state index in [1.54, 1.807) is 48.5 Å². The predicted octanol–water partition coefficient (Wildman–Crippen LogP) is 4.53. The summed E-state index contributed by atoms with van der Waals surface area (Å²) in [5, 5.41) is 4.35. The molecule has 0 spiro atoms. The lowest BCUT2D eigenvalue weighted by Crippen LogP contribution is -2.18. The van der Waals surface area contributed by atoms with Crippen molar-refractivity contribution in [3.63, 3.8) is 0 Å². The zero-order valence-corrected chi connectivity index (χ0v) is 17.1. The zero-order chi connectivity index (χ0) is 20.9. The average molecular weight is 449 g/mol. The van der Waals surface area contributed by atoms with E-state index < -0.39 is 16.0 Å². The summed E-state index contributed by atoms with van der Waals surface area (Å²) in [5.41, 5.74) is 0.794. The zero-order valence-electron chi connectivity index (χ0n) is 14.7. The molecular formula is C20H14Cl2N2O4S. The van der Waals surface area contributed by atoms with E-state index in [1.807, 2.05) is 0 Å². The molecule has 0 saturated carbocycles. The maximum absolute atomic E-state index is 12.2. The molecule has 6 nitrogen and oxygen atoms in total. The van der Waals surface area contributed by atoms with Crippen molar-refractivity contribution in [1.82, 2.24) is 4.83 Å². The van der Waals surface area contributed by atoms with E-state index in [9.17, 15) is 13.2 Å². The molecule has 29 heavy (non-hydrogen) atoms. The number of nitrogens with one attached hydrogen (secondary N) is 1. The number of rotatable bonds is 6. The molecule has 0 radical (unpaired) electrons. The molecule has 148 valence electrons. The molecule has 0 amide bonds. The summed E-state index contributed by atoms with van der Waals surface area (Å²) in [6.45, 7) is 0. The summed E-state index contributed by atoms with van der Waals surface area (Å²) in [6, 6.07) is 18.7. The van der Waals surface area contributed by atoms with Crippen LogP contribution in [0.3, 0.4) is 0 Å². The second kappa shape index (κ2) is 9.09. The molecule has 0 aliphatic rings. The standard InChI is InChI=1S/C20H14Cl2N2O4S/c21-15-8-11-18(19(22)12-15)20(25)28-16-9-6-14(7-10-16)13-23-24-29(26,27)17-4-2-1-3-5-17/h1-13,24H/b23-13-. The van der Waals surface area contributed by atoms with Gasteiger partial charge in [-0.2, -0.15) is 13.5 Å². The van der Waals surface area contributed by atoms with Crippen molar-refractivity contribution in [1.29, 1.82) is 0 Å². The number of carbonyl (C=O) groups is 1. The number of carbonyl (C=O) groups excluding carboxylic acids is 1. The Balaban J connectivity index is 1.63. The third kappa shape index (κ3) is 5.57. The van der Waals surface area contributed by atoms with Crippen molar-refractivity contribution >= 4 is 45.4 Å². The smallest absolute Gasteiger partial charge is 0.345 e. The fourth-order valence-corrected chi connectivity index (χ4v) is 3.56. The number of esters is 1. The van der Waals surface area contributed by atoms with Gasteiger partial charge in [-0.25, -0.2) is 9.63 Å². The number of halogens is 2. The van der Waals surface area contributed by atoms with Crippen molar-refractivity contribution in [2.75, 3.05) is 0 Å². The number of ether oxygens (including phenoxy) is 1. The lowest BCUT2D eigenvalue weighted by molar-refractivity contribution is 0.0735. The van der Waals surface area contributed by atoms with Crippen LogP contribution in [0.2, 0.25) is 10.0 Å². The molecule has 0 bridgehead atoms. The summed E-state index contributed by atoms with van der Waals surface area (Å²) in [7, 11) is -3.73. The Morgan fingerprint density at radius 2 is 1.66 bits per heavy atom. The van der Waals surface area contributed by atoms with Crippen LogP contribution in [0.4, 0.5) is 0 Å². The molecule has 0 fully saturated rings.